The van der Waals surface area contributed by atoms with Crippen LogP contribution in [0.5, 0.6) is 0 Å². The summed E-state index contributed by atoms with van der Waals surface area (Å²) in [6.45, 7) is 5.29. The summed E-state index contributed by atoms with van der Waals surface area (Å²) >= 11 is 0. The third-order valence-electron chi connectivity index (χ3n) is 7.05. The van der Waals surface area contributed by atoms with Crippen LogP contribution in [0.2, 0.25) is 0 Å². The van der Waals surface area contributed by atoms with Gasteiger partial charge in [-0.1, -0.05) is 116 Å². The first-order chi connectivity index (χ1) is 17.2. The zero-order valence-electron chi connectivity index (χ0n) is 20.8. The van der Waals surface area contributed by atoms with Crippen LogP contribution in [0.4, 0.5) is 11.4 Å². The molecule has 2 heteroatoms. The van der Waals surface area contributed by atoms with Crippen molar-refractivity contribution in [3.63, 3.8) is 0 Å². The summed E-state index contributed by atoms with van der Waals surface area (Å²) in [7, 11) is 0. The number of fused-ring (bicyclic) bond motifs is 1. The number of nitrogens with zero attached hydrogens (tertiary/aromatic N) is 2. The van der Waals surface area contributed by atoms with E-state index in [4.69, 9.17) is 4.99 Å². The number of unbranched alkanes of at least 4 members (excludes halogenated alkanes) is 1. The minimum absolute atomic E-state index is 0.224. The van der Waals surface area contributed by atoms with Crippen LogP contribution in [-0.2, 0) is 6.54 Å². The summed E-state index contributed by atoms with van der Waals surface area (Å²) in [6.07, 6.45) is 3.47. The van der Waals surface area contributed by atoms with E-state index in [0.29, 0.717) is 5.92 Å². The van der Waals surface area contributed by atoms with Gasteiger partial charge in [-0.05, 0) is 42.7 Å². The van der Waals surface area contributed by atoms with E-state index in [-0.39, 0.29) is 6.04 Å². The van der Waals surface area contributed by atoms with Gasteiger partial charge in [-0.25, -0.2) is 0 Å². The number of anilines is 1. The first-order valence-electron chi connectivity index (χ1n) is 12.8. The van der Waals surface area contributed by atoms with Gasteiger partial charge in [-0.2, -0.15) is 0 Å². The molecule has 0 unspecified atom stereocenters. The second kappa shape index (κ2) is 10.7. The fraction of sp³-hybridized carbons (Fsp3) is 0.242. The van der Waals surface area contributed by atoms with Crippen molar-refractivity contribution in [1.29, 1.82) is 0 Å². The number of rotatable bonds is 7. The first kappa shape index (κ1) is 23.1. The highest BCUT2D eigenvalue weighted by atomic mass is 15.2. The summed E-state index contributed by atoms with van der Waals surface area (Å²) in [6, 6.07) is 39.6. The molecule has 2 nitrogen and oxygen atoms in total. The molecule has 1 heterocycles. The summed E-state index contributed by atoms with van der Waals surface area (Å²) in [5.74, 6) is 0.303. The Morgan fingerprint density at radius 1 is 0.743 bits per heavy atom. The van der Waals surface area contributed by atoms with Gasteiger partial charge in [0.25, 0.3) is 0 Å². The largest absolute Gasteiger partial charge is 0.359 e. The van der Waals surface area contributed by atoms with Gasteiger partial charge in [0.1, 0.15) is 0 Å². The third-order valence-corrected chi connectivity index (χ3v) is 7.05. The molecule has 0 saturated carbocycles. The van der Waals surface area contributed by atoms with E-state index in [1.54, 1.807) is 0 Å². The maximum absolute atomic E-state index is 5.34. The molecule has 2 atom stereocenters. The van der Waals surface area contributed by atoms with Crippen molar-refractivity contribution >= 4 is 17.1 Å². The van der Waals surface area contributed by atoms with Gasteiger partial charge in [0.05, 0.1) is 17.4 Å². The van der Waals surface area contributed by atoms with E-state index in [9.17, 15) is 0 Å². The summed E-state index contributed by atoms with van der Waals surface area (Å²) < 4.78 is 0. The lowest BCUT2D eigenvalue weighted by atomic mass is 9.77. The molecule has 0 aromatic heterocycles. The maximum Gasteiger partial charge on any atom is 0.0633 e. The van der Waals surface area contributed by atoms with E-state index in [0.717, 1.165) is 18.7 Å². The molecule has 4 aromatic carbocycles. The van der Waals surface area contributed by atoms with Crippen molar-refractivity contribution in [2.75, 3.05) is 4.90 Å². The molecule has 1 aliphatic rings. The lowest BCUT2D eigenvalue weighted by Crippen LogP contribution is -2.42. The van der Waals surface area contributed by atoms with E-state index in [1.807, 2.05) is 0 Å². The molecule has 1 aliphatic heterocycles. The molecule has 0 N–H and O–H groups in total. The Kier molecular flexibility index (Phi) is 7.09. The lowest BCUT2D eigenvalue weighted by Gasteiger charge is -2.45. The molecular formula is C33H34N2. The van der Waals surface area contributed by atoms with Crippen molar-refractivity contribution in [3.05, 3.63) is 131 Å². The average molecular weight is 459 g/mol. The zero-order valence-corrected chi connectivity index (χ0v) is 20.8. The number of hydrogen-bond donors (Lipinski definition) is 0. The first-order valence-corrected chi connectivity index (χ1v) is 12.8. The van der Waals surface area contributed by atoms with Crippen LogP contribution in [-0.4, -0.2) is 5.71 Å². The van der Waals surface area contributed by atoms with Crippen LogP contribution in [0.1, 0.15) is 54.5 Å². The van der Waals surface area contributed by atoms with Crippen molar-refractivity contribution in [2.45, 2.75) is 45.7 Å². The fourth-order valence-electron chi connectivity index (χ4n) is 5.30. The quantitative estimate of drug-likeness (QED) is 0.270. The predicted molar refractivity (Wildman–Crippen MR) is 149 cm³/mol. The molecule has 0 saturated heterocycles. The van der Waals surface area contributed by atoms with Crippen LogP contribution in [0.3, 0.4) is 0 Å². The van der Waals surface area contributed by atoms with Gasteiger partial charge in [-0.15, -0.1) is 0 Å². The Morgan fingerprint density at radius 2 is 1.40 bits per heavy atom. The van der Waals surface area contributed by atoms with Crippen LogP contribution in [0.15, 0.2) is 114 Å². The Hall–Kier alpha value is -3.65. The normalized spacial score (nSPS) is 18.5. The number of para-hydroxylation sites is 1. The van der Waals surface area contributed by atoms with E-state index >= 15 is 0 Å². The monoisotopic (exact) mass is 458 g/mol. The Morgan fingerprint density at radius 3 is 2.11 bits per heavy atom. The summed E-state index contributed by atoms with van der Waals surface area (Å²) in [5, 5.41) is 0. The molecule has 0 radical (unpaired) electrons. The van der Waals surface area contributed by atoms with Gasteiger partial charge in [0.15, 0.2) is 0 Å². The zero-order chi connectivity index (χ0) is 24.0. The molecule has 176 valence electrons. The Bertz CT molecular complexity index is 1260. The number of aliphatic imine (C=N–C) groups is 1. The van der Waals surface area contributed by atoms with Crippen molar-refractivity contribution in [2.24, 2.45) is 10.9 Å². The minimum atomic E-state index is 0.224. The lowest BCUT2D eigenvalue weighted by molar-refractivity contribution is 0.449. The van der Waals surface area contributed by atoms with Gasteiger partial charge in [-0.3, -0.25) is 4.99 Å². The summed E-state index contributed by atoms with van der Waals surface area (Å²) in [5.41, 5.74) is 8.73. The predicted octanol–water partition coefficient (Wildman–Crippen LogP) is 8.68. The Balaban J connectivity index is 1.71. The standard InChI is InChI=1S/C33H34N2/c1-3-4-17-30-32(34-28-22-20-25(2)21-23-28)29-18-11-12-19-31(29)35(24-26-13-7-5-8-14-26)33(30)27-15-9-6-10-16-27/h5-16,18-23,30,33H,3-4,17,24H2,1-2H3/t30-,33+/m1/s1. The van der Waals surface area contributed by atoms with Crippen LogP contribution >= 0.6 is 0 Å². The highest BCUT2D eigenvalue weighted by molar-refractivity contribution is 6.10. The fourth-order valence-corrected chi connectivity index (χ4v) is 5.30. The van der Waals surface area contributed by atoms with Crippen LogP contribution < -0.4 is 4.90 Å². The number of hydrogen-bond acceptors (Lipinski definition) is 2. The average Bonchev–Trinajstić information content (AvgIpc) is 2.91. The van der Waals surface area contributed by atoms with Crippen molar-refractivity contribution in [1.82, 2.24) is 0 Å². The molecule has 4 aromatic rings. The van der Waals surface area contributed by atoms with Crippen molar-refractivity contribution in [3.8, 4) is 0 Å². The molecule has 5 rings (SSSR count). The molecule has 35 heavy (non-hydrogen) atoms. The summed E-state index contributed by atoms with van der Waals surface area (Å²) in [4.78, 5) is 7.96. The molecule has 0 amide bonds. The van der Waals surface area contributed by atoms with E-state index in [1.165, 1.54) is 46.5 Å². The van der Waals surface area contributed by atoms with Gasteiger partial charge in [0.2, 0.25) is 0 Å². The number of aryl methyl sites for hydroxylation is 1. The van der Waals surface area contributed by atoms with Crippen LogP contribution in [0, 0.1) is 12.8 Å². The van der Waals surface area contributed by atoms with Crippen molar-refractivity contribution < 1.29 is 0 Å². The smallest absolute Gasteiger partial charge is 0.0633 e. The second-order valence-corrected chi connectivity index (χ2v) is 9.57. The third kappa shape index (κ3) is 5.07. The van der Waals surface area contributed by atoms with Gasteiger partial charge < -0.3 is 4.90 Å². The highest BCUT2D eigenvalue weighted by Gasteiger charge is 2.39. The van der Waals surface area contributed by atoms with E-state index in [2.05, 4.69) is 128 Å². The molecule has 0 bridgehead atoms. The van der Waals surface area contributed by atoms with Crippen LogP contribution in [0.25, 0.3) is 0 Å². The number of benzene rings is 4. The second-order valence-electron chi connectivity index (χ2n) is 9.57. The SMILES string of the molecule is CCCC[C@@H]1C(=Nc2ccc(C)cc2)c2ccccc2N(Cc2ccccc2)[C@H]1c1ccccc1. The maximum atomic E-state index is 5.34. The molecular weight excluding hydrogens is 424 g/mol. The molecule has 0 fully saturated rings. The minimum Gasteiger partial charge on any atom is -0.359 e. The van der Waals surface area contributed by atoms with Gasteiger partial charge in [0, 0.05) is 23.7 Å². The van der Waals surface area contributed by atoms with E-state index < -0.39 is 0 Å². The van der Waals surface area contributed by atoms with Gasteiger partial charge >= 0.3 is 0 Å². The topological polar surface area (TPSA) is 15.6 Å². The highest BCUT2D eigenvalue weighted by Crippen LogP contribution is 2.45. The Labute approximate surface area is 210 Å². The molecule has 0 spiro atoms. The molecule has 0 aliphatic carbocycles.